The minimum absolute atomic E-state index is 0.724. The molecule has 28 heavy (non-hydrogen) atoms. The van der Waals surface area contributed by atoms with Crippen molar-refractivity contribution in [1.82, 2.24) is 14.5 Å². The predicted molar refractivity (Wildman–Crippen MR) is 118 cm³/mol. The van der Waals surface area contributed by atoms with Crippen molar-refractivity contribution in [3.8, 4) is 0 Å². The first kappa shape index (κ1) is 20.0. The summed E-state index contributed by atoms with van der Waals surface area (Å²) in [5.41, 5.74) is 2.11. The van der Waals surface area contributed by atoms with E-state index in [9.17, 15) is 0 Å². The van der Waals surface area contributed by atoms with Crippen LogP contribution in [0.5, 0.6) is 0 Å². The average Bonchev–Trinajstić information content (AvgIpc) is 3.05. The number of imidazole rings is 1. The molecular formula is C21H23Cl2N3OS. The van der Waals surface area contributed by atoms with E-state index in [1.54, 1.807) is 11.8 Å². The van der Waals surface area contributed by atoms with Gasteiger partial charge in [0.25, 0.3) is 0 Å². The molecular weight excluding hydrogens is 413 g/mol. The number of fused-ring (bicyclic) bond motifs is 1. The van der Waals surface area contributed by atoms with Crippen molar-refractivity contribution in [3.63, 3.8) is 0 Å². The molecule has 0 amide bonds. The zero-order valence-corrected chi connectivity index (χ0v) is 17.9. The Kier molecular flexibility index (Phi) is 6.81. The number of aryl methyl sites for hydroxylation is 1. The summed E-state index contributed by atoms with van der Waals surface area (Å²) in [7, 11) is 0. The van der Waals surface area contributed by atoms with E-state index in [1.165, 1.54) is 4.90 Å². The fraction of sp³-hybridized carbons (Fsp3) is 0.381. The van der Waals surface area contributed by atoms with Gasteiger partial charge in [0.2, 0.25) is 0 Å². The monoisotopic (exact) mass is 435 g/mol. The molecule has 0 N–H and O–H groups in total. The lowest BCUT2D eigenvalue weighted by atomic mass is 10.3. The van der Waals surface area contributed by atoms with Crippen LogP contribution in [-0.4, -0.2) is 47.3 Å². The fourth-order valence-electron chi connectivity index (χ4n) is 3.47. The maximum Gasteiger partial charge on any atom is 0.120 e. The summed E-state index contributed by atoms with van der Waals surface area (Å²) in [6.07, 6.45) is 1.09. The quantitative estimate of drug-likeness (QED) is 0.467. The molecule has 0 spiro atoms. The number of hydrogen-bond acceptors (Lipinski definition) is 4. The number of aromatic nitrogens is 2. The molecule has 0 saturated carbocycles. The highest BCUT2D eigenvalue weighted by molar-refractivity contribution is 7.98. The number of nitrogens with zero attached hydrogens (tertiary/aromatic N) is 3. The lowest BCUT2D eigenvalue weighted by Gasteiger charge is -2.26. The highest BCUT2D eigenvalue weighted by Crippen LogP contribution is 2.27. The first-order valence-corrected chi connectivity index (χ1v) is 11.3. The first-order valence-electron chi connectivity index (χ1n) is 9.52. The fourth-order valence-corrected chi connectivity index (χ4v) is 4.61. The second-order valence-corrected chi connectivity index (χ2v) is 8.78. The van der Waals surface area contributed by atoms with Crippen LogP contribution >= 0.6 is 35.0 Å². The largest absolute Gasteiger partial charge is 0.379 e. The van der Waals surface area contributed by atoms with Crippen molar-refractivity contribution in [2.45, 2.75) is 23.6 Å². The molecule has 1 saturated heterocycles. The van der Waals surface area contributed by atoms with E-state index in [2.05, 4.69) is 27.7 Å². The third-order valence-corrected chi connectivity index (χ3v) is 6.43. The molecule has 2 aromatic carbocycles. The Labute approximate surface area is 179 Å². The minimum atomic E-state index is 0.724. The number of morpholine rings is 1. The zero-order chi connectivity index (χ0) is 19.3. The standard InChI is InChI=1S/C21H23Cl2N3OS/c22-16-2-5-18(6-3-16)28-15-21-24-19-14-17(23)4-7-20(19)26(21)9-1-8-25-10-12-27-13-11-25/h2-7,14H,1,8-13,15H2. The number of rotatable bonds is 7. The van der Waals surface area contributed by atoms with Crippen molar-refractivity contribution >= 4 is 46.0 Å². The zero-order valence-electron chi connectivity index (χ0n) is 15.6. The van der Waals surface area contributed by atoms with E-state index in [-0.39, 0.29) is 0 Å². The van der Waals surface area contributed by atoms with Crippen molar-refractivity contribution < 1.29 is 4.74 Å². The second-order valence-electron chi connectivity index (χ2n) is 6.86. The molecule has 0 unspecified atom stereocenters. The second kappa shape index (κ2) is 9.51. The van der Waals surface area contributed by atoms with Crippen LogP contribution in [0.3, 0.4) is 0 Å². The van der Waals surface area contributed by atoms with Gasteiger partial charge < -0.3 is 9.30 Å². The number of halogens is 2. The van der Waals surface area contributed by atoms with Crippen LogP contribution in [0.25, 0.3) is 11.0 Å². The van der Waals surface area contributed by atoms with Gasteiger partial charge in [-0.05, 0) is 48.9 Å². The molecule has 1 aliphatic heterocycles. The van der Waals surface area contributed by atoms with Crippen molar-refractivity contribution in [1.29, 1.82) is 0 Å². The van der Waals surface area contributed by atoms with Crippen LogP contribution in [0.4, 0.5) is 0 Å². The van der Waals surface area contributed by atoms with Crippen LogP contribution < -0.4 is 0 Å². The van der Waals surface area contributed by atoms with E-state index in [0.717, 1.165) is 78.5 Å². The summed E-state index contributed by atoms with van der Waals surface area (Å²) in [5, 5.41) is 1.48. The molecule has 3 aromatic rings. The van der Waals surface area contributed by atoms with Crippen LogP contribution in [0.15, 0.2) is 47.4 Å². The van der Waals surface area contributed by atoms with E-state index >= 15 is 0 Å². The Morgan fingerprint density at radius 3 is 2.50 bits per heavy atom. The number of benzene rings is 2. The van der Waals surface area contributed by atoms with Crippen LogP contribution in [0, 0.1) is 0 Å². The molecule has 148 valence electrons. The van der Waals surface area contributed by atoms with Gasteiger partial charge in [0, 0.05) is 41.1 Å². The maximum atomic E-state index is 6.19. The maximum absolute atomic E-state index is 6.19. The molecule has 0 atom stereocenters. The molecule has 4 nitrogen and oxygen atoms in total. The molecule has 7 heteroatoms. The topological polar surface area (TPSA) is 30.3 Å². The van der Waals surface area contributed by atoms with Crippen LogP contribution in [-0.2, 0) is 17.0 Å². The highest BCUT2D eigenvalue weighted by atomic mass is 35.5. The Balaban J connectivity index is 1.48. The van der Waals surface area contributed by atoms with Gasteiger partial charge in [-0.2, -0.15) is 0 Å². The Morgan fingerprint density at radius 1 is 0.964 bits per heavy atom. The normalized spacial score (nSPS) is 15.4. The van der Waals surface area contributed by atoms with E-state index in [4.69, 9.17) is 32.9 Å². The van der Waals surface area contributed by atoms with Gasteiger partial charge in [-0.3, -0.25) is 4.90 Å². The highest BCUT2D eigenvalue weighted by Gasteiger charge is 2.14. The third-order valence-electron chi connectivity index (χ3n) is 4.93. The summed E-state index contributed by atoms with van der Waals surface area (Å²) < 4.78 is 7.78. The summed E-state index contributed by atoms with van der Waals surface area (Å²) in [4.78, 5) is 8.53. The van der Waals surface area contributed by atoms with Crippen LogP contribution in [0.1, 0.15) is 12.2 Å². The van der Waals surface area contributed by atoms with Gasteiger partial charge in [0.15, 0.2) is 0 Å². The van der Waals surface area contributed by atoms with Gasteiger partial charge >= 0.3 is 0 Å². The predicted octanol–water partition coefficient (Wildman–Crippen LogP) is 5.36. The molecule has 1 aliphatic rings. The molecule has 1 fully saturated rings. The van der Waals surface area contributed by atoms with Gasteiger partial charge in [0.1, 0.15) is 5.82 Å². The molecule has 4 rings (SSSR count). The van der Waals surface area contributed by atoms with E-state index < -0.39 is 0 Å². The van der Waals surface area contributed by atoms with E-state index in [1.807, 2.05) is 24.3 Å². The van der Waals surface area contributed by atoms with Gasteiger partial charge in [0.05, 0.1) is 30.0 Å². The first-order chi connectivity index (χ1) is 13.7. The SMILES string of the molecule is Clc1ccc(SCc2nc3cc(Cl)ccc3n2CCCN2CCOCC2)cc1. The smallest absolute Gasteiger partial charge is 0.120 e. The van der Waals surface area contributed by atoms with Crippen molar-refractivity contribution in [2.24, 2.45) is 0 Å². The lowest BCUT2D eigenvalue weighted by Crippen LogP contribution is -2.37. The number of thioether (sulfide) groups is 1. The summed E-state index contributed by atoms with van der Waals surface area (Å²) in [5.74, 6) is 1.89. The Bertz CT molecular complexity index is 923. The number of hydrogen-bond donors (Lipinski definition) is 0. The minimum Gasteiger partial charge on any atom is -0.379 e. The lowest BCUT2D eigenvalue weighted by molar-refractivity contribution is 0.0369. The molecule has 2 heterocycles. The van der Waals surface area contributed by atoms with Gasteiger partial charge in [-0.1, -0.05) is 23.2 Å². The average molecular weight is 436 g/mol. The Hall–Kier alpha value is -1.24. The molecule has 0 radical (unpaired) electrons. The van der Waals surface area contributed by atoms with E-state index in [0.29, 0.717) is 0 Å². The van der Waals surface area contributed by atoms with Gasteiger partial charge in [-0.25, -0.2) is 4.98 Å². The summed E-state index contributed by atoms with van der Waals surface area (Å²) in [6, 6.07) is 13.9. The van der Waals surface area contributed by atoms with Crippen molar-refractivity contribution in [2.75, 3.05) is 32.8 Å². The summed E-state index contributed by atoms with van der Waals surface area (Å²) >= 11 is 14.0. The molecule has 0 bridgehead atoms. The summed E-state index contributed by atoms with van der Waals surface area (Å²) in [6.45, 7) is 5.77. The van der Waals surface area contributed by atoms with Gasteiger partial charge in [-0.15, -0.1) is 11.8 Å². The van der Waals surface area contributed by atoms with Crippen molar-refractivity contribution in [3.05, 3.63) is 58.3 Å². The third kappa shape index (κ3) is 5.02. The molecule has 1 aromatic heterocycles. The Morgan fingerprint density at radius 2 is 1.71 bits per heavy atom. The molecule has 0 aliphatic carbocycles. The number of ether oxygens (including phenoxy) is 1. The van der Waals surface area contributed by atoms with Crippen LogP contribution in [0.2, 0.25) is 10.0 Å².